The molecule has 0 bridgehead atoms. The van der Waals surface area contributed by atoms with Gasteiger partial charge in [0.05, 0.1) is 23.4 Å². The summed E-state index contributed by atoms with van der Waals surface area (Å²) in [6.45, 7) is 21.1. The second kappa shape index (κ2) is 8.92. The molecule has 18 heavy (non-hydrogen) atoms. The summed E-state index contributed by atoms with van der Waals surface area (Å²) in [7, 11) is 0. The largest absolute Gasteiger partial charge is 0.376 e. The van der Waals surface area contributed by atoms with Crippen LogP contribution in [0.5, 0.6) is 0 Å². The highest BCUT2D eigenvalue weighted by Gasteiger charge is 2.25. The third kappa shape index (κ3) is 14.0. The number of rotatable bonds is 6. The summed E-state index contributed by atoms with van der Waals surface area (Å²) >= 11 is 0. The fourth-order valence-electron chi connectivity index (χ4n) is 1.44. The predicted octanol–water partition coefficient (Wildman–Crippen LogP) is 5.20. The van der Waals surface area contributed by atoms with Crippen molar-refractivity contribution in [1.29, 1.82) is 0 Å². The van der Waals surface area contributed by atoms with Crippen molar-refractivity contribution in [2.75, 3.05) is 0 Å². The van der Waals surface area contributed by atoms with E-state index >= 15 is 0 Å². The molecule has 0 saturated carbocycles. The van der Waals surface area contributed by atoms with Crippen molar-refractivity contribution in [2.45, 2.75) is 105 Å². The van der Waals surface area contributed by atoms with Crippen molar-refractivity contribution in [1.82, 2.24) is 0 Å². The van der Waals surface area contributed by atoms with E-state index in [-0.39, 0.29) is 11.2 Å². The van der Waals surface area contributed by atoms with Crippen molar-refractivity contribution >= 4 is 0 Å². The molecule has 0 aromatic heterocycles. The number of ether oxygens (including phenoxy) is 2. The average molecular weight is 260 g/mol. The molecule has 0 amide bonds. The Morgan fingerprint density at radius 1 is 0.722 bits per heavy atom. The molecule has 0 radical (unpaired) electrons. The first-order valence-corrected chi connectivity index (χ1v) is 7.31. The van der Waals surface area contributed by atoms with Gasteiger partial charge in [0, 0.05) is 0 Å². The smallest absolute Gasteiger partial charge is 0.0631 e. The van der Waals surface area contributed by atoms with Crippen LogP contribution in [0.2, 0.25) is 0 Å². The van der Waals surface area contributed by atoms with Crippen LogP contribution in [0.25, 0.3) is 0 Å². The van der Waals surface area contributed by atoms with Gasteiger partial charge in [-0.3, -0.25) is 0 Å². The van der Waals surface area contributed by atoms with E-state index in [1.165, 1.54) is 0 Å². The van der Waals surface area contributed by atoms with Gasteiger partial charge in [-0.1, -0.05) is 13.8 Å². The molecule has 0 aliphatic carbocycles. The zero-order valence-corrected chi connectivity index (χ0v) is 14.4. The molecule has 0 saturated heterocycles. The highest BCUT2D eigenvalue weighted by molar-refractivity contribution is 4.74. The molecule has 0 aliphatic heterocycles. The molecule has 0 unspecified atom stereocenters. The van der Waals surface area contributed by atoms with Crippen LogP contribution >= 0.6 is 0 Å². The lowest BCUT2D eigenvalue weighted by molar-refractivity contribution is -0.124. The van der Waals surface area contributed by atoms with Gasteiger partial charge < -0.3 is 9.47 Å². The molecule has 0 spiro atoms. The molecular weight excluding hydrogens is 224 g/mol. The second-order valence-corrected chi connectivity index (χ2v) is 6.56. The van der Waals surface area contributed by atoms with E-state index < -0.39 is 0 Å². The first-order chi connectivity index (χ1) is 7.95. The van der Waals surface area contributed by atoms with E-state index in [0.717, 1.165) is 12.8 Å². The first kappa shape index (κ1) is 20.2. The molecule has 0 rings (SSSR count). The van der Waals surface area contributed by atoms with Crippen LogP contribution in [-0.4, -0.2) is 23.4 Å². The third-order valence-electron chi connectivity index (χ3n) is 2.80. The van der Waals surface area contributed by atoms with Gasteiger partial charge in [-0.2, -0.15) is 0 Å². The lowest BCUT2D eigenvalue weighted by Gasteiger charge is -2.34. The van der Waals surface area contributed by atoms with E-state index in [1.807, 2.05) is 27.7 Å². The van der Waals surface area contributed by atoms with Gasteiger partial charge in [0.1, 0.15) is 0 Å². The topological polar surface area (TPSA) is 18.5 Å². The monoisotopic (exact) mass is 260 g/mol. The highest BCUT2D eigenvalue weighted by atomic mass is 16.5. The van der Waals surface area contributed by atoms with E-state index in [9.17, 15) is 0 Å². The zero-order chi connectivity index (χ0) is 15.0. The Bertz CT molecular complexity index is 173. The molecule has 0 heterocycles. The SMILES string of the molecule is CC(C)OC(C)C.CCC(C)(C)OC(C)(C)CC. The van der Waals surface area contributed by atoms with Crippen LogP contribution in [-0.2, 0) is 9.47 Å². The maximum atomic E-state index is 5.92. The standard InChI is InChI=1S/C10H22O.C6H14O/c1-7-9(3,4)11-10(5,6)8-2;1-5(2)7-6(3)4/h7-8H2,1-6H3;5-6H,1-4H3. The third-order valence-corrected chi connectivity index (χ3v) is 2.80. The van der Waals surface area contributed by atoms with Gasteiger partial charge >= 0.3 is 0 Å². The normalized spacial score (nSPS) is 12.7. The molecule has 2 nitrogen and oxygen atoms in total. The first-order valence-electron chi connectivity index (χ1n) is 7.31. The molecule has 112 valence electrons. The Morgan fingerprint density at radius 3 is 1.11 bits per heavy atom. The summed E-state index contributed by atoms with van der Waals surface area (Å²) in [5.41, 5.74) is 0.0546. The summed E-state index contributed by atoms with van der Waals surface area (Å²) in [6.07, 6.45) is 2.88. The highest BCUT2D eigenvalue weighted by Crippen LogP contribution is 2.24. The summed E-state index contributed by atoms with van der Waals surface area (Å²) < 4.78 is 11.2. The van der Waals surface area contributed by atoms with Gasteiger partial charge in [0.15, 0.2) is 0 Å². The Kier molecular flexibility index (Phi) is 10.0. The van der Waals surface area contributed by atoms with Crippen molar-refractivity contribution in [3.63, 3.8) is 0 Å². The van der Waals surface area contributed by atoms with Crippen LogP contribution < -0.4 is 0 Å². The fourth-order valence-corrected chi connectivity index (χ4v) is 1.44. The summed E-state index contributed by atoms with van der Waals surface area (Å²) in [5, 5.41) is 0. The summed E-state index contributed by atoms with van der Waals surface area (Å²) in [4.78, 5) is 0. The van der Waals surface area contributed by atoms with Crippen molar-refractivity contribution in [3.05, 3.63) is 0 Å². The van der Waals surface area contributed by atoms with Crippen LogP contribution in [0.4, 0.5) is 0 Å². The Hall–Kier alpha value is -0.0800. The molecule has 0 aromatic rings. The quantitative estimate of drug-likeness (QED) is 0.653. The van der Waals surface area contributed by atoms with Crippen LogP contribution in [0, 0.1) is 0 Å². The van der Waals surface area contributed by atoms with Gasteiger partial charge in [-0.15, -0.1) is 0 Å². The predicted molar refractivity (Wildman–Crippen MR) is 81.2 cm³/mol. The maximum absolute atomic E-state index is 5.92. The summed E-state index contributed by atoms with van der Waals surface area (Å²) in [6, 6.07) is 0. The molecule has 0 fully saturated rings. The van der Waals surface area contributed by atoms with Crippen LogP contribution in [0.3, 0.4) is 0 Å². The van der Waals surface area contributed by atoms with Crippen LogP contribution in [0.1, 0.15) is 82.1 Å². The minimum absolute atomic E-state index is 0.0273. The van der Waals surface area contributed by atoms with E-state index in [2.05, 4.69) is 41.5 Å². The molecule has 0 aliphatic rings. The van der Waals surface area contributed by atoms with Gasteiger partial charge in [0.2, 0.25) is 0 Å². The molecular formula is C16H36O2. The Balaban J connectivity index is 0. The summed E-state index contributed by atoms with van der Waals surface area (Å²) in [5.74, 6) is 0. The molecule has 2 heteroatoms. The Morgan fingerprint density at radius 2 is 1.00 bits per heavy atom. The van der Waals surface area contributed by atoms with Crippen molar-refractivity contribution < 1.29 is 9.47 Å². The van der Waals surface area contributed by atoms with E-state index in [0.29, 0.717) is 12.2 Å². The average Bonchev–Trinajstić information content (AvgIpc) is 2.15. The van der Waals surface area contributed by atoms with Crippen LogP contribution in [0.15, 0.2) is 0 Å². The lowest BCUT2D eigenvalue weighted by atomic mass is 10.0. The minimum atomic E-state index is 0.0273. The fraction of sp³-hybridized carbons (Fsp3) is 1.00. The van der Waals surface area contributed by atoms with Gasteiger partial charge in [-0.25, -0.2) is 0 Å². The van der Waals surface area contributed by atoms with E-state index in [4.69, 9.17) is 9.47 Å². The number of hydrogen-bond donors (Lipinski definition) is 0. The molecule has 0 aromatic carbocycles. The van der Waals surface area contributed by atoms with Gasteiger partial charge in [-0.05, 0) is 68.2 Å². The zero-order valence-electron chi connectivity index (χ0n) is 14.4. The maximum Gasteiger partial charge on any atom is 0.0631 e. The Labute approximate surface area is 115 Å². The van der Waals surface area contributed by atoms with E-state index in [1.54, 1.807) is 0 Å². The minimum Gasteiger partial charge on any atom is -0.376 e. The second-order valence-electron chi connectivity index (χ2n) is 6.56. The van der Waals surface area contributed by atoms with Crippen molar-refractivity contribution in [3.8, 4) is 0 Å². The van der Waals surface area contributed by atoms with Gasteiger partial charge in [0.25, 0.3) is 0 Å². The van der Waals surface area contributed by atoms with Crippen molar-refractivity contribution in [2.24, 2.45) is 0 Å². The number of hydrogen-bond acceptors (Lipinski definition) is 2. The lowest BCUT2D eigenvalue weighted by Crippen LogP contribution is -2.35. The molecule has 0 atom stereocenters. The molecule has 0 N–H and O–H groups in total.